The molecular formula is C3H2ClIN4. The SMILES string of the molecule is Nc1nc(Cl)nc(I)n1. The van der Waals surface area contributed by atoms with Gasteiger partial charge in [0.25, 0.3) is 0 Å². The molecule has 0 fully saturated rings. The molecule has 0 saturated carbocycles. The van der Waals surface area contributed by atoms with Crippen molar-refractivity contribution in [3.05, 3.63) is 9.11 Å². The molecular weight excluding hydrogens is 254 g/mol. The summed E-state index contributed by atoms with van der Waals surface area (Å²) in [6.07, 6.45) is 0. The molecule has 0 bridgehead atoms. The van der Waals surface area contributed by atoms with Crippen molar-refractivity contribution in [3.63, 3.8) is 0 Å². The summed E-state index contributed by atoms with van der Waals surface area (Å²) in [5.41, 5.74) is 5.21. The molecule has 0 radical (unpaired) electrons. The van der Waals surface area contributed by atoms with Crippen LogP contribution in [0.4, 0.5) is 5.95 Å². The Balaban J connectivity index is 3.17. The number of aromatic nitrogens is 3. The Morgan fingerprint density at radius 3 is 2.44 bits per heavy atom. The first kappa shape index (κ1) is 6.94. The van der Waals surface area contributed by atoms with E-state index in [1.807, 2.05) is 22.6 Å². The largest absolute Gasteiger partial charge is 0.368 e. The molecule has 6 heteroatoms. The van der Waals surface area contributed by atoms with Crippen LogP contribution in [-0.2, 0) is 0 Å². The fourth-order valence-electron chi connectivity index (χ4n) is 0.340. The van der Waals surface area contributed by atoms with Crippen LogP contribution < -0.4 is 5.73 Å². The summed E-state index contributed by atoms with van der Waals surface area (Å²) in [6.45, 7) is 0. The smallest absolute Gasteiger partial charge is 0.228 e. The van der Waals surface area contributed by atoms with Crippen LogP contribution in [0, 0.1) is 3.83 Å². The highest BCUT2D eigenvalue weighted by Crippen LogP contribution is 2.03. The van der Waals surface area contributed by atoms with E-state index >= 15 is 0 Å². The molecule has 1 heterocycles. The van der Waals surface area contributed by atoms with Gasteiger partial charge < -0.3 is 5.73 Å². The molecule has 0 aromatic carbocycles. The quantitative estimate of drug-likeness (QED) is 0.694. The Kier molecular flexibility index (Phi) is 2.01. The summed E-state index contributed by atoms with van der Waals surface area (Å²) in [5.74, 6) is 0.152. The second kappa shape index (κ2) is 2.61. The molecule has 0 saturated heterocycles. The third-order valence-electron chi connectivity index (χ3n) is 0.598. The van der Waals surface area contributed by atoms with Crippen LogP contribution in [-0.4, -0.2) is 15.0 Å². The van der Waals surface area contributed by atoms with E-state index < -0.39 is 0 Å². The maximum absolute atomic E-state index is 5.40. The maximum atomic E-state index is 5.40. The van der Waals surface area contributed by atoms with Crippen LogP contribution in [0.25, 0.3) is 0 Å². The first-order valence-corrected chi connectivity index (χ1v) is 3.46. The zero-order valence-corrected chi connectivity index (χ0v) is 7.09. The molecule has 0 aliphatic rings. The van der Waals surface area contributed by atoms with Crippen molar-refractivity contribution in [2.75, 3.05) is 5.73 Å². The van der Waals surface area contributed by atoms with Gasteiger partial charge in [-0.3, -0.25) is 0 Å². The molecule has 9 heavy (non-hydrogen) atoms. The predicted molar refractivity (Wildman–Crippen MR) is 42.0 cm³/mol. The lowest BCUT2D eigenvalue weighted by Crippen LogP contribution is -1.98. The molecule has 0 amide bonds. The Hall–Kier alpha value is -0.170. The lowest BCUT2D eigenvalue weighted by Gasteiger charge is -1.91. The van der Waals surface area contributed by atoms with Crippen LogP contribution in [0.5, 0.6) is 0 Å². The minimum atomic E-state index is 0.131. The van der Waals surface area contributed by atoms with Crippen molar-refractivity contribution in [2.24, 2.45) is 0 Å². The van der Waals surface area contributed by atoms with Gasteiger partial charge >= 0.3 is 0 Å². The van der Waals surface area contributed by atoms with Crippen molar-refractivity contribution >= 4 is 40.1 Å². The highest BCUT2D eigenvalue weighted by Gasteiger charge is 1.95. The average molecular weight is 256 g/mol. The van der Waals surface area contributed by atoms with Gasteiger partial charge in [-0.2, -0.15) is 15.0 Å². The number of nitrogen functional groups attached to an aromatic ring is 1. The van der Waals surface area contributed by atoms with Crippen LogP contribution >= 0.6 is 34.2 Å². The summed E-state index contributed by atoms with van der Waals surface area (Å²) in [7, 11) is 0. The second-order valence-electron chi connectivity index (χ2n) is 1.23. The number of nitrogens with zero attached hydrogens (tertiary/aromatic N) is 3. The van der Waals surface area contributed by atoms with Gasteiger partial charge in [-0.1, -0.05) is 0 Å². The Bertz CT molecular complexity index is 177. The summed E-state index contributed by atoms with van der Waals surface area (Å²) in [5, 5.41) is 0.131. The van der Waals surface area contributed by atoms with Gasteiger partial charge in [-0.25, -0.2) is 0 Å². The summed E-state index contributed by atoms with van der Waals surface area (Å²) in [6, 6.07) is 0. The molecule has 0 unspecified atom stereocenters. The molecule has 0 spiro atoms. The van der Waals surface area contributed by atoms with Gasteiger partial charge in [-0.15, -0.1) is 0 Å². The van der Waals surface area contributed by atoms with Crippen LogP contribution in [0.2, 0.25) is 5.28 Å². The lowest BCUT2D eigenvalue weighted by molar-refractivity contribution is 1.02. The molecule has 4 nitrogen and oxygen atoms in total. The number of hydrogen-bond donors (Lipinski definition) is 1. The van der Waals surface area contributed by atoms with Gasteiger partial charge in [0.1, 0.15) is 0 Å². The Morgan fingerprint density at radius 2 is 2.00 bits per heavy atom. The number of nitrogens with two attached hydrogens (primary N) is 1. The summed E-state index contributed by atoms with van der Waals surface area (Å²) in [4.78, 5) is 10.9. The van der Waals surface area contributed by atoms with Crippen molar-refractivity contribution in [1.29, 1.82) is 0 Å². The molecule has 1 aromatic rings. The topological polar surface area (TPSA) is 64.7 Å². The van der Waals surface area contributed by atoms with Gasteiger partial charge in [0.05, 0.1) is 0 Å². The fourth-order valence-corrected chi connectivity index (χ4v) is 1.13. The standard InChI is InChI=1S/C3H2ClIN4/c4-1-7-2(5)9-3(6)8-1/h(H2,6,7,8,9). The van der Waals surface area contributed by atoms with E-state index in [0.29, 0.717) is 3.83 Å². The first-order valence-electron chi connectivity index (χ1n) is 2.01. The van der Waals surface area contributed by atoms with E-state index in [4.69, 9.17) is 17.3 Å². The Labute approximate surface area is 70.0 Å². The van der Waals surface area contributed by atoms with E-state index in [0.717, 1.165) is 0 Å². The molecule has 2 N–H and O–H groups in total. The third-order valence-corrected chi connectivity index (χ3v) is 1.25. The van der Waals surface area contributed by atoms with Crippen LogP contribution in [0.3, 0.4) is 0 Å². The van der Waals surface area contributed by atoms with Gasteiger partial charge in [-0.05, 0) is 11.6 Å². The minimum Gasteiger partial charge on any atom is -0.368 e. The summed E-state index contributed by atoms with van der Waals surface area (Å²) < 4.78 is 0.505. The van der Waals surface area contributed by atoms with Crippen molar-refractivity contribution in [1.82, 2.24) is 15.0 Å². The lowest BCUT2D eigenvalue weighted by atomic mass is 11.0. The van der Waals surface area contributed by atoms with Crippen LogP contribution in [0.15, 0.2) is 0 Å². The number of halogens is 2. The van der Waals surface area contributed by atoms with Crippen molar-refractivity contribution < 1.29 is 0 Å². The summed E-state index contributed by atoms with van der Waals surface area (Å²) >= 11 is 7.31. The predicted octanol–water partition coefficient (Wildman–Crippen LogP) is 0.712. The van der Waals surface area contributed by atoms with Gasteiger partial charge in [0.15, 0.2) is 3.83 Å². The second-order valence-corrected chi connectivity index (χ2v) is 2.53. The number of anilines is 1. The average Bonchev–Trinajstić information content (AvgIpc) is 1.59. The minimum absolute atomic E-state index is 0.131. The molecule has 0 atom stereocenters. The molecule has 1 rings (SSSR count). The molecule has 0 aliphatic carbocycles. The molecule has 0 aliphatic heterocycles. The van der Waals surface area contributed by atoms with Gasteiger partial charge in [0.2, 0.25) is 11.2 Å². The number of rotatable bonds is 0. The third kappa shape index (κ3) is 1.90. The zero-order chi connectivity index (χ0) is 6.85. The normalized spacial score (nSPS) is 9.56. The monoisotopic (exact) mass is 256 g/mol. The Morgan fingerprint density at radius 1 is 1.33 bits per heavy atom. The van der Waals surface area contributed by atoms with Crippen molar-refractivity contribution in [3.8, 4) is 0 Å². The van der Waals surface area contributed by atoms with Gasteiger partial charge in [0, 0.05) is 22.6 Å². The highest BCUT2D eigenvalue weighted by molar-refractivity contribution is 14.1. The highest BCUT2D eigenvalue weighted by atomic mass is 127. The number of hydrogen-bond acceptors (Lipinski definition) is 4. The van der Waals surface area contributed by atoms with Crippen LogP contribution in [0.1, 0.15) is 0 Å². The van der Waals surface area contributed by atoms with E-state index in [1.54, 1.807) is 0 Å². The van der Waals surface area contributed by atoms with Crippen molar-refractivity contribution in [2.45, 2.75) is 0 Å². The fraction of sp³-hybridized carbons (Fsp3) is 0. The molecule has 1 aromatic heterocycles. The van der Waals surface area contributed by atoms with E-state index in [1.165, 1.54) is 0 Å². The van der Waals surface area contributed by atoms with E-state index in [9.17, 15) is 0 Å². The van der Waals surface area contributed by atoms with E-state index in [2.05, 4.69) is 15.0 Å². The maximum Gasteiger partial charge on any atom is 0.228 e. The molecule has 48 valence electrons. The van der Waals surface area contributed by atoms with E-state index in [-0.39, 0.29) is 11.2 Å². The zero-order valence-electron chi connectivity index (χ0n) is 4.17. The first-order chi connectivity index (χ1) is 4.18.